The zero-order valence-corrected chi connectivity index (χ0v) is 24.0. The van der Waals surface area contributed by atoms with Crippen LogP contribution in [0.25, 0.3) is 0 Å². The lowest BCUT2D eigenvalue weighted by atomic mass is 9.57. The summed E-state index contributed by atoms with van der Waals surface area (Å²) < 4.78 is 25.1. The van der Waals surface area contributed by atoms with Crippen molar-refractivity contribution in [1.29, 1.82) is 0 Å². The molecule has 6 atom stereocenters. The monoisotopic (exact) mass is 554 g/mol. The van der Waals surface area contributed by atoms with Crippen LogP contribution in [0.3, 0.4) is 0 Å². The van der Waals surface area contributed by atoms with Gasteiger partial charge in [0.25, 0.3) is 0 Å². The number of benzene rings is 2. The van der Waals surface area contributed by atoms with E-state index in [0.717, 1.165) is 24.0 Å². The fourth-order valence-corrected chi connectivity index (χ4v) is 8.21. The summed E-state index contributed by atoms with van der Waals surface area (Å²) in [7, 11) is 0. The van der Waals surface area contributed by atoms with Crippen molar-refractivity contribution < 1.29 is 34.3 Å². The Morgan fingerprint density at radius 2 is 1.05 bits per heavy atom. The molecule has 2 aromatic carbocycles. The van der Waals surface area contributed by atoms with Gasteiger partial charge in [0, 0.05) is 11.8 Å². The normalized spacial score (nSPS) is 35.8. The van der Waals surface area contributed by atoms with E-state index < -0.39 is 40.3 Å². The molecule has 0 radical (unpaired) electrons. The zero-order chi connectivity index (χ0) is 28.3. The Balaban J connectivity index is 1.39. The lowest BCUT2D eigenvalue weighted by molar-refractivity contribution is -0.268. The molecule has 7 nitrogen and oxygen atoms in total. The van der Waals surface area contributed by atoms with Gasteiger partial charge in [-0.15, -0.1) is 0 Å². The SMILES string of the molecule is CC[C@]1(OCOCc2ccccc2)CCC[C@@]2(O)C(O)[C@]3(O)CCC[C@](CC)(OCOCc4ccccc4)[C@@H]3[C@@H]12. The molecule has 0 heterocycles. The highest BCUT2D eigenvalue weighted by Crippen LogP contribution is 2.66. The molecule has 0 amide bonds. The Bertz CT molecular complexity index is 997. The van der Waals surface area contributed by atoms with Crippen LogP contribution in [0.4, 0.5) is 0 Å². The topological polar surface area (TPSA) is 97.6 Å². The van der Waals surface area contributed by atoms with Crippen molar-refractivity contribution in [1.82, 2.24) is 0 Å². The van der Waals surface area contributed by atoms with Crippen molar-refractivity contribution in [3.8, 4) is 0 Å². The first-order chi connectivity index (χ1) is 19.3. The van der Waals surface area contributed by atoms with E-state index in [1.54, 1.807) is 0 Å². The Morgan fingerprint density at radius 3 is 1.43 bits per heavy atom. The zero-order valence-electron chi connectivity index (χ0n) is 24.0. The van der Waals surface area contributed by atoms with Crippen LogP contribution in [-0.4, -0.2) is 57.4 Å². The number of rotatable bonds is 12. The van der Waals surface area contributed by atoms with Gasteiger partial charge in [0.1, 0.15) is 19.7 Å². The van der Waals surface area contributed by atoms with Crippen LogP contribution in [0.1, 0.15) is 76.3 Å². The molecule has 3 saturated carbocycles. The van der Waals surface area contributed by atoms with E-state index in [0.29, 0.717) is 51.7 Å². The minimum Gasteiger partial charge on any atom is -0.387 e. The molecule has 0 aliphatic heterocycles. The van der Waals surface area contributed by atoms with Crippen LogP contribution in [-0.2, 0) is 32.2 Å². The predicted molar refractivity (Wildman–Crippen MR) is 151 cm³/mol. The highest BCUT2D eigenvalue weighted by molar-refractivity contribution is 5.27. The smallest absolute Gasteiger partial charge is 0.147 e. The van der Waals surface area contributed by atoms with Crippen LogP contribution in [0.5, 0.6) is 0 Å². The van der Waals surface area contributed by atoms with E-state index in [4.69, 9.17) is 18.9 Å². The standard InChI is InChI=1S/C33H46O7/c1-3-30(39-23-37-21-25-13-7-5-8-14-25)17-11-19-32(35)27(30)28-31(4-2,18-12-20-33(28,36)29(32)34)40-24-38-22-26-15-9-6-10-16-26/h5-10,13-16,27-29,34-36H,3-4,11-12,17-24H2,1-2H3/t27-,28-,30-,31-,32-,33-/m0/s1. The average molecular weight is 555 g/mol. The molecule has 7 heteroatoms. The summed E-state index contributed by atoms with van der Waals surface area (Å²) in [5.74, 6) is -1.04. The van der Waals surface area contributed by atoms with E-state index in [1.165, 1.54) is 0 Å². The number of fused-ring (bicyclic) bond motifs is 3. The highest BCUT2D eigenvalue weighted by Gasteiger charge is 2.77. The Kier molecular flexibility index (Phi) is 9.03. The molecular formula is C33H46O7. The molecule has 2 aromatic rings. The van der Waals surface area contributed by atoms with E-state index in [-0.39, 0.29) is 13.6 Å². The maximum absolute atomic E-state index is 12.2. The van der Waals surface area contributed by atoms with Gasteiger partial charge in [-0.3, -0.25) is 0 Å². The van der Waals surface area contributed by atoms with Gasteiger partial charge in [0.15, 0.2) is 0 Å². The molecule has 0 aromatic heterocycles. The first-order valence-electron chi connectivity index (χ1n) is 15.0. The number of aliphatic hydroxyl groups is 3. The number of ether oxygens (including phenoxy) is 4. The number of aliphatic hydroxyl groups excluding tert-OH is 1. The second-order valence-electron chi connectivity index (χ2n) is 12.1. The number of hydrogen-bond acceptors (Lipinski definition) is 7. The van der Waals surface area contributed by atoms with Gasteiger partial charge in [-0.05, 0) is 62.5 Å². The van der Waals surface area contributed by atoms with Crippen LogP contribution < -0.4 is 0 Å². The highest BCUT2D eigenvalue weighted by atomic mass is 16.7. The largest absolute Gasteiger partial charge is 0.387 e. The van der Waals surface area contributed by atoms with Crippen molar-refractivity contribution in [2.24, 2.45) is 11.8 Å². The summed E-state index contributed by atoms with van der Waals surface area (Å²) in [5, 5.41) is 36.1. The lowest BCUT2D eigenvalue weighted by Gasteiger charge is -2.56. The summed E-state index contributed by atoms with van der Waals surface area (Å²) in [5.41, 5.74) is -2.39. The Hall–Kier alpha value is -1.84. The second kappa shape index (κ2) is 12.2. The first kappa shape index (κ1) is 29.6. The van der Waals surface area contributed by atoms with E-state index in [1.807, 2.05) is 60.7 Å². The molecule has 220 valence electrons. The summed E-state index contributed by atoms with van der Waals surface area (Å²) in [6, 6.07) is 19.9. The summed E-state index contributed by atoms with van der Waals surface area (Å²) in [4.78, 5) is 0. The second-order valence-corrected chi connectivity index (χ2v) is 12.1. The molecule has 3 aliphatic rings. The predicted octanol–water partition coefficient (Wildman–Crippen LogP) is 5.10. The van der Waals surface area contributed by atoms with Gasteiger partial charge < -0.3 is 34.3 Å². The van der Waals surface area contributed by atoms with Gasteiger partial charge in [-0.2, -0.15) is 0 Å². The molecule has 0 spiro atoms. The number of hydrogen-bond donors (Lipinski definition) is 3. The van der Waals surface area contributed by atoms with Crippen molar-refractivity contribution in [2.75, 3.05) is 13.6 Å². The fraction of sp³-hybridized carbons (Fsp3) is 0.636. The molecule has 5 rings (SSSR count). The minimum absolute atomic E-state index is 0.0662. The lowest BCUT2D eigenvalue weighted by Crippen LogP contribution is -2.63. The van der Waals surface area contributed by atoms with Gasteiger partial charge in [-0.25, -0.2) is 0 Å². The fourth-order valence-electron chi connectivity index (χ4n) is 8.21. The van der Waals surface area contributed by atoms with Crippen molar-refractivity contribution >= 4 is 0 Å². The van der Waals surface area contributed by atoms with E-state index in [2.05, 4.69) is 13.8 Å². The van der Waals surface area contributed by atoms with Crippen LogP contribution in [0.15, 0.2) is 60.7 Å². The van der Waals surface area contributed by atoms with Crippen molar-refractivity contribution in [3.05, 3.63) is 71.8 Å². The molecule has 0 saturated heterocycles. The molecular weight excluding hydrogens is 508 g/mol. The minimum atomic E-state index is -1.48. The third kappa shape index (κ3) is 5.26. The first-order valence-corrected chi connectivity index (χ1v) is 15.0. The molecule has 0 bridgehead atoms. The summed E-state index contributed by atoms with van der Waals surface area (Å²) in [6.45, 7) is 5.10. The third-order valence-electron chi connectivity index (χ3n) is 10.1. The Labute approximate surface area is 238 Å². The van der Waals surface area contributed by atoms with Crippen LogP contribution in [0.2, 0.25) is 0 Å². The maximum atomic E-state index is 12.2. The summed E-state index contributed by atoms with van der Waals surface area (Å²) in [6.07, 6.45) is 3.62. The molecule has 40 heavy (non-hydrogen) atoms. The quantitative estimate of drug-likeness (QED) is 0.248. The Morgan fingerprint density at radius 1 is 0.650 bits per heavy atom. The van der Waals surface area contributed by atoms with Gasteiger partial charge in [0.05, 0.1) is 35.6 Å². The third-order valence-corrected chi connectivity index (χ3v) is 10.1. The summed E-state index contributed by atoms with van der Waals surface area (Å²) >= 11 is 0. The van der Waals surface area contributed by atoms with Crippen LogP contribution >= 0.6 is 0 Å². The molecule has 3 aliphatic carbocycles. The maximum Gasteiger partial charge on any atom is 0.147 e. The van der Waals surface area contributed by atoms with Gasteiger partial charge in [0.2, 0.25) is 0 Å². The van der Waals surface area contributed by atoms with E-state index >= 15 is 0 Å². The molecule has 0 unspecified atom stereocenters. The average Bonchev–Trinajstić information content (AvgIpc) is 3.18. The van der Waals surface area contributed by atoms with Crippen molar-refractivity contribution in [3.63, 3.8) is 0 Å². The molecule has 3 fully saturated rings. The van der Waals surface area contributed by atoms with Crippen LogP contribution in [0, 0.1) is 11.8 Å². The van der Waals surface area contributed by atoms with Gasteiger partial charge >= 0.3 is 0 Å². The van der Waals surface area contributed by atoms with Gasteiger partial charge in [-0.1, -0.05) is 74.5 Å². The van der Waals surface area contributed by atoms with E-state index in [9.17, 15) is 15.3 Å². The van der Waals surface area contributed by atoms with Crippen molar-refractivity contribution in [2.45, 2.75) is 107 Å². The molecule has 3 N–H and O–H groups in total.